The van der Waals surface area contributed by atoms with Crippen LogP contribution in [0.2, 0.25) is 0 Å². The van der Waals surface area contributed by atoms with Gasteiger partial charge in [-0.25, -0.2) is 4.98 Å². The van der Waals surface area contributed by atoms with Crippen molar-refractivity contribution in [3.63, 3.8) is 0 Å². The summed E-state index contributed by atoms with van der Waals surface area (Å²) in [5.74, 6) is 1.88. The molecule has 3 aromatic rings. The van der Waals surface area contributed by atoms with Crippen LogP contribution in [0.5, 0.6) is 0 Å². The summed E-state index contributed by atoms with van der Waals surface area (Å²) in [6, 6.07) is 18.2. The molecular formula is C23H22N4. The molecule has 2 atom stereocenters. The van der Waals surface area contributed by atoms with Crippen molar-refractivity contribution in [2.24, 2.45) is 0 Å². The second-order valence-electron chi connectivity index (χ2n) is 8.34. The summed E-state index contributed by atoms with van der Waals surface area (Å²) in [4.78, 5) is 7.85. The number of benzene rings is 2. The van der Waals surface area contributed by atoms with Crippen molar-refractivity contribution in [2.75, 3.05) is 6.54 Å². The molecule has 3 heterocycles. The Morgan fingerprint density at radius 2 is 1.78 bits per heavy atom. The van der Waals surface area contributed by atoms with Crippen LogP contribution in [-0.4, -0.2) is 33.1 Å². The second kappa shape index (κ2) is 5.68. The van der Waals surface area contributed by atoms with Gasteiger partial charge in [0, 0.05) is 31.1 Å². The number of likely N-dealkylation sites (tertiary alicyclic amines) is 1. The SMILES string of the molecule is N#Cc1ccc(-c2ccc3c(c2)nc2n3CC3CC2CN3C2CCC2)cc1. The highest BCUT2D eigenvalue weighted by Gasteiger charge is 2.44. The first-order chi connectivity index (χ1) is 13.3. The maximum absolute atomic E-state index is 8.99. The van der Waals surface area contributed by atoms with Crippen LogP contribution in [0.4, 0.5) is 0 Å². The van der Waals surface area contributed by atoms with Crippen LogP contribution in [0.15, 0.2) is 42.5 Å². The minimum atomic E-state index is 0.593. The van der Waals surface area contributed by atoms with Gasteiger partial charge in [-0.15, -0.1) is 0 Å². The standard InChI is InChI=1S/C23H22N4/c24-12-15-4-6-16(7-5-15)17-8-9-22-21(11-17)25-23-18-10-20(14-27(22)23)26(13-18)19-2-1-3-19/h4-9,11,18-20H,1-3,10,13-14H2. The minimum Gasteiger partial charge on any atom is -0.326 e. The van der Waals surface area contributed by atoms with E-state index in [1.165, 1.54) is 49.1 Å². The average Bonchev–Trinajstić information content (AvgIpc) is 3.20. The molecule has 0 radical (unpaired) electrons. The number of aromatic nitrogens is 2. The van der Waals surface area contributed by atoms with E-state index >= 15 is 0 Å². The zero-order chi connectivity index (χ0) is 18.0. The number of imidazole rings is 1. The number of nitrogens with zero attached hydrogens (tertiary/aromatic N) is 4. The van der Waals surface area contributed by atoms with Gasteiger partial charge in [-0.2, -0.15) is 5.26 Å². The maximum Gasteiger partial charge on any atom is 0.114 e. The minimum absolute atomic E-state index is 0.593. The molecule has 2 aliphatic heterocycles. The quantitative estimate of drug-likeness (QED) is 0.689. The van der Waals surface area contributed by atoms with Gasteiger partial charge in [0.2, 0.25) is 0 Å². The fourth-order valence-electron chi connectivity index (χ4n) is 5.25. The van der Waals surface area contributed by atoms with Gasteiger partial charge < -0.3 is 4.57 Å². The zero-order valence-electron chi connectivity index (χ0n) is 15.3. The molecule has 3 aliphatic rings. The van der Waals surface area contributed by atoms with Gasteiger partial charge >= 0.3 is 0 Å². The van der Waals surface area contributed by atoms with Gasteiger partial charge in [-0.05, 0) is 54.7 Å². The lowest BCUT2D eigenvalue weighted by Gasteiger charge is -2.38. The Morgan fingerprint density at radius 3 is 2.52 bits per heavy atom. The Balaban J connectivity index is 1.36. The van der Waals surface area contributed by atoms with Gasteiger partial charge in [0.15, 0.2) is 0 Å². The van der Waals surface area contributed by atoms with Crippen molar-refractivity contribution in [1.82, 2.24) is 14.5 Å². The van der Waals surface area contributed by atoms with E-state index in [-0.39, 0.29) is 0 Å². The van der Waals surface area contributed by atoms with E-state index in [0.29, 0.717) is 17.5 Å². The molecule has 4 heteroatoms. The number of nitriles is 1. The van der Waals surface area contributed by atoms with E-state index in [9.17, 15) is 0 Å². The van der Waals surface area contributed by atoms with Gasteiger partial charge in [0.05, 0.1) is 22.7 Å². The molecule has 4 nitrogen and oxygen atoms in total. The Morgan fingerprint density at radius 1 is 0.963 bits per heavy atom. The Kier molecular flexibility index (Phi) is 3.24. The number of fused-ring (bicyclic) bond motifs is 6. The lowest BCUT2D eigenvalue weighted by atomic mass is 9.91. The fourth-order valence-corrected chi connectivity index (χ4v) is 5.25. The van der Waals surface area contributed by atoms with Gasteiger partial charge in [-0.1, -0.05) is 24.6 Å². The summed E-state index contributed by atoms with van der Waals surface area (Å²) in [7, 11) is 0. The predicted molar refractivity (Wildman–Crippen MR) is 105 cm³/mol. The van der Waals surface area contributed by atoms with Crippen molar-refractivity contribution in [2.45, 2.75) is 50.2 Å². The highest BCUT2D eigenvalue weighted by molar-refractivity contribution is 5.83. The van der Waals surface area contributed by atoms with Crippen LogP contribution >= 0.6 is 0 Å². The van der Waals surface area contributed by atoms with Crippen molar-refractivity contribution >= 4 is 11.0 Å². The summed E-state index contributed by atoms with van der Waals surface area (Å²) in [6.45, 7) is 2.29. The lowest BCUT2D eigenvalue weighted by Crippen LogP contribution is -2.44. The van der Waals surface area contributed by atoms with Crippen molar-refractivity contribution in [1.29, 1.82) is 5.26 Å². The first-order valence-electron chi connectivity index (χ1n) is 10.1. The summed E-state index contributed by atoms with van der Waals surface area (Å²) in [5, 5.41) is 8.99. The largest absolute Gasteiger partial charge is 0.326 e. The molecule has 6 rings (SSSR count). The second-order valence-corrected chi connectivity index (χ2v) is 8.34. The van der Waals surface area contributed by atoms with Crippen LogP contribution < -0.4 is 0 Å². The number of hydrogen-bond donors (Lipinski definition) is 0. The molecule has 0 N–H and O–H groups in total. The molecule has 1 saturated carbocycles. The van der Waals surface area contributed by atoms with E-state index in [1.807, 2.05) is 24.3 Å². The third kappa shape index (κ3) is 2.28. The van der Waals surface area contributed by atoms with E-state index in [4.69, 9.17) is 10.2 Å². The smallest absolute Gasteiger partial charge is 0.114 e. The highest BCUT2D eigenvalue weighted by Crippen LogP contribution is 2.43. The molecule has 2 fully saturated rings. The van der Waals surface area contributed by atoms with Crippen LogP contribution in [0.25, 0.3) is 22.2 Å². The molecule has 134 valence electrons. The monoisotopic (exact) mass is 354 g/mol. The number of rotatable bonds is 2. The summed E-state index contributed by atoms with van der Waals surface area (Å²) >= 11 is 0. The Hall–Kier alpha value is -2.64. The molecule has 2 unspecified atom stereocenters. The molecule has 1 aliphatic carbocycles. The van der Waals surface area contributed by atoms with Crippen molar-refractivity contribution in [3.05, 3.63) is 53.9 Å². The topological polar surface area (TPSA) is 44.9 Å². The Bertz CT molecular complexity index is 1070. The first-order valence-corrected chi connectivity index (χ1v) is 10.1. The van der Waals surface area contributed by atoms with E-state index in [1.54, 1.807) is 0 Å². The normalized spacial score (nSPS) is 24.6. The maximum atomic E-state index is 8.99. The summed E-state index contributed by atoms with van der Waals surface area (Å²) in [5.41, 5.74) is 5.38. The lowest BCUT2D eigenvalue weighted by molar-refractivity contribution is 0.108. The molecule has 27 heavy (non-hydrogen) atoms. The predicted octanol–water partition coefficient (Wildman–Crippen LogP) is 4.30. The van der Waals surface area contributed by atoms with Crippen LogP contribution in [0.1, 0.15) is 43.0 Å². The van der Waals surface area contributed by atoms with Gasteiger partial charge in [0.1, 0.15) is 5.82 Å². The fraction of sp³-hybridized carbons (Fsp3) is 0.391. The van der Waals surface area contributed by atoms with E-state index in [2.05, 4.69) is 33.7 Å². The molecule has 2 bridgehead atoms. The van der Waals surface area contributed by atoms with Gasteiger partial charge in [0.25, 0.3) is 0 Å². The summed E-state index contributed by atoms with van der Waals surface area (Å²) in [6.07, 6.45) is 5.47. The molecule has 1 saturated heterocycles. The molecule has 0 amide bonds. The number of hydrogen-bond acceptors (Lipinski definition) is 3. The average molecular weight is 354 g/mol. The molecule has 2 aromatic carbocycles. The van der Waals surface area contributed by atoms with E-state index in [0.717, 1.165) is 23.7 Å². The van der Waals surface area contributed by atoms with Crippen LogP contribution in [0, 0.1) is 11.3 Å². The first kappa shape index (κ1) is 15.4. The van der Waals surface area contributed by atoms with Crippen molar-refractivity contribution in [3.8, 4) is 17.2 Å². The van der Waals surface area contributed by atoms with E-state index < -0.39 is 0 Å². The van der Waals surface area contributed by atoms with Crippen molar-refractivity contribution < 1.29 is 0 Å². The molecule has 1 aromatic heterocycles. The molecule has 0 spiro atoms. The third-order valence-electron chi connectivity index (χ3n) is 6.88. The Labute approximate surface area is 159 Å². The highest BCUT2D eigenvalue weighted by atomic mass is 15.3. The van der Waals surface area contributed by atoms with Gasteiger partial charge in [-0.3, -0.25) is 4.90 Å². The third-order valence-corrected chi connectivity index (χ3v) is 6.88. The zero-order valence-corrected chi connectivity index (χ0v) is 15.3. The van der Waals surface area contributed by atoms with Crippen LogP contribution in [0.3, 0.4) is 0 Å². The molecular weight excluding hydrogens is 332 g/mol. The van der Waals surface area contributed by atoms with Crippen LogP contribution in [-0.2, 0) is 6.54 Å². The summed E-state index contributed by atoms with van der Waals surface area (Å²) < 4.78 is 2.48.